The Morgan fingerprint density at radius 3 is 1.93 bits per heavy atom. The van der Waals surface area contributed by atoms with E-state index in [0.29, 0.717) is 0 Å². The molecule has 0 aliphatic rings. The van der Waals surface area contributed by atoms with Gasteiger partial charge in [-0.05, 0) is 19.3 Å². The summed E-state index contributed by atoms with van der Waals surface area (Å²) in [7, 11) is 0. The van der Waals surface area contributed by atoms with Crippen LogP contribution in [0.1, 0.15) is 59.3 Å². The number of unbranched alkanes of at least 4 members (excludes halogenated alkanes) is 1. The van der Waals surface area contributed by atoms with E-state index in [9.17, 15) is 5.11 Å². The molecule has 0 bridgehead atoms. The van der Waals surface area contributed by atoms with Crippen LogP contribution in [-0.4, -0.2) is 23.9 Å². The van der Waals surface area contributed by atoms with Gasteiger partial charge in [0.2, 0.25) is 0 Å². The summed E-state index contributed by atoms with van der Waals surface area (Å²) < 4.78 is 5.85. The predicted molar refractivity (Wildman–Crippen MR) is 60.5 cm³/mol. The van der Waals surface area contributed by atoms with Gasteiger partial charge in [-0.2, -0.15) is 0 Å². The van der Waals surface area contributed by atoms with E-state index in [-0.39, 0.29) is 12.2 Å². The van der Waals surface area contributed by atoms with E-state index in [4.69, 9.17) is 4.74 Å². The van der Waals surface area contributed by atoms with E-state index in [1.54, 1.807) is 0 Å². The zero-order chi connectivity index (χ0) is 10.9. The molecule has 0 saturated heterocycles. The Balaban J connectivity index is 4.03. The van der Waals surface area contributed by atoms with E-state index in [1.165, 1.54) is 0 Å². The van der Waals surface area contributed by atoms with Gasteiger partial charge in [0.05, 0.1) is 12.2 Å². The van der Waals surface area contributed by atoms with Crippen LogP contribution in [0.4, 0.5) is 0 Å². The van der Waals surface area contributed by atoms with Crippen LogP contribution >= 0.6 is 0 Å². The van der Waals surface area contributed by atoms with E-state index in [0.717, 1.165) is 45.1 Å². The van der Waals surface area contributed by atoms with Crippen LogP contribution in [0.2, 0.25) is 0 Å². The molecule has 0 fully saturated rings. The Hall–Kier alpha value is -0.0800. The first-order valence-corrected chi connectivity index (χ1v) is 5.99. The maximum Gasteiger partial charge on any atom is 0.0911 e. The average molecular weight is 202 g/mol. The van der Waals surface area contributed by atoms with Crippen LogP contribution in [0.25, 0.3) is 0 Å². The van der Waals surface area contributed by atoms with E-state index in [1.807, 2.05) is 0 Å². The van der Waals surface area contributed by atoms with Crippen LogP contribution in [-0.2, 0) is 4.74 Å². The number of hydrogen-bond donors (Lipinski definition) is 1. The highest BCUT2D eigenvalue weighted by Gasteiger charge is 2.27. The van der Waals surface area contributed by atoms with Crippen LogP contribution in [0, 0.1) is 0 Å². The monoisotopic (exact) mass is 202 g/mol. The summed E-state index contributed by atoms with van der Waals surface area (Å²) in [5, 5.41) is 9.41. The predicted octanol–water partition coefficient (Wildman–Crippen LogP) is 3.13. The molecule has 0 aromatic heterocycles. The zero-order valence-electron chi connectivity index (χ0n) is 10.0. The third-order valence-electron chi connectivity index (χ3n) is 2.61. The molecule has 0 aliphatic heterocycles. The van der Waals surface area contributed by atoms with Crippen molar-refractivity contribution in [3.05, 3.63) is 0 Å². The summed E-state index contributed by atoms with van der Waals surface area (Å²) in [6.45, 7) is 7.39. The van der Waals surface area contributed by atoms with Gasteiger partial charge < -0.3 is 9.84 Å². The van der Waals surface area contributed by atoms with Crippen molar-refractivity contribution in [2.45, 2.75) is 64.9 Å². The molecule has 0 atom stereocenters. The topological polar surface area (TPSA) is 29.5 Å². The second kappa shape index (κ2) is 8.25. The highest BCUT2D eigenvalue weighted by Crippen LogP contribution is 2.24. The average Bonchev–Trinajstić information content (AvgIpc) is 2.19. The van der Waals surface area contributed by atoms with Gasteiger partial charge in [-0.25, -0.2) is 0 Å². The van der Waals surface area contributed by atoms with Gasteiger partial charge in [0.25, 0.3) is 0 Å². The molecule has 0 unspecified atom stereocenters. The van der Waals surface area contributed by atoms with Crippen molar-refractivity contribution in [2.75, 3.05) is 13.2 Å². The molecule has 2 nitrogen and oxygen atoms in total. The minimum atomic E-state index is -0.251. The van der Waals surface area contributed by atoms with Crippen LogP contribution in [0.15, 0.2) is 0 Å². The van der Waals surface area contributed by atoms with Gasteiger partial charge in [-0.15, -0.1) is 0 Å². The molecule has 0 radical (unpaired) electrons. The first kappa shape index (κ1) is 13.9. The summed E-state index contributed by atoms with van der Waals surface area (Å²) in [6.07, 6.45) is 6.34. The molecule has 86 valence electrons. The van der Waals surface area contributed by atoms with Crippen molar-refractivity contribution in [1.29, 1.82) is 0 Å². The molecule has 1 N–H and O–H groups in total. The summed E-state index contributed by atoms with van der Waals surface area (Å²) in [6, 6.07) is 0. The molecule has 0 aromatic rings. The SMILES string of the molecule is CCCCOC(CO)(CCC)CCC. The molecule has 0 rings (SSSR count). The van der Waals surface area contributed by atoms with Crippen molar-refractivity contribution in [3.8, 4) is 0 Å². The van der Waals surface area contributed by atoms with Crippen LogP contribution in [0.3, 0.4) is 0 Å². The molecular weight excluding hydrogens is 176 g/mol. The Morgan fingerprint density at radius 1 is 1.00 bits per heavy atom. The van der Waals surface area contributed by atoms with Crippen LogP contribution in [0.5, 0.6) is 0 Å². The van der Waals surface area contributed by atoms with Crippen molar-refractivity contribution in [3.63, 3.8) is 0 Å². The summed E-state index contributed by atoms with van der Waals surface area (Å²) in [5.41, 5.74) is -0.251. The lowest BCUT2D eigenvalue weighted by Crippen LogP contribution is -2.37. The van der Waals surface area contributed by atoms with Crippen LogP contribution < -0.4 is 0 Å². The molecular formula is C12H26O2. The molecule has 0 spiro atoms. The first-order chi connectivity index (χ1) is 6.74. The third-order valence-corrected chi connectivity index (χ3v) is 2.61. The Kier molecular flexibility index (Phi) is 8.20. The van der Waals surface area contributed by atoms with Crippen molar-refractivity contribution < 1.29 is 9.84 Å². The number of aliphatic hydroxyl groups excluding tert-OH is 1. The number of hydrogen-bond acceptors (Lipinski definition) is 2. The van der Waals surface area contributed by atoms with Gasteiger partial charge in [0, 0.05) is 6.61 Å². The lowest BCUT2D eigenvalue weighted by atomic mass is 9.93. The summed E-state index contributed by atoms with van der Waals surface area (Å²) >= 11 is 0. The number of ether oxygens (including phenoxy) is 1. The fourth-order valence-electron chi connectivity index (χ4n) is 1.82. The van der Waals surface area contributed by atoms with Crippen molar-refractivity contribution >= 4 is 0 Å². The molecule has 0 aliphatic carbocycles. The summed E-state index contributed by atoms with van der Waals surface area (Å²) in [4.78, 5) is 0. The molecule has 0 saturated carbocycles. The van der Waals surface area contributed by atoms with E-state index in [2.05, 4.69) is 20.8 Å². The maximum absolute atomic E-state index is 9.41. The van der Waals surface area contributed by atoms with Gasteiger partial charge in [-0.1, -0.05) is 40.0 Å². The molecule has 0 aromatic carbocycles. The Bertz CT molecular complexity index is 117. The quantitative estimate of drug-likeness (QED) is 0.582. The van der Waals surface area contributed by atoms with Crippen molar-refractivity contribution in [2.24, 2.45) is 0 Å². The largest absolute Gasteiger partial charge is 0.393 e. The molecule has 14 heavy (non-hydrogen) atoms. The Morgan fingerprint density at radius 2 is 1.57 bits per heavy atom. The fourth-order valence-corrected chi connectivity index (χ4v) is 1.82. The zero-order valence-corrected chi connectivity index (χ0v) is 10.0. The highest BCUT2D eigenvalue weighted by atomic mass is 16.5. The van der Waals surface area contributed by atoms with Gasteiger partial charge in [-0.3, -0.25) is 0 Å². The fraction of sp³-hybridized carbons (Fsp3) is 1.00. The van der Waals surface area contributed by atoms with Gasteiger partial charge in [0.15, 0.2) is 0 Å². The van der Waals surface area contributed by atoms with Gasteiger partial charge >= 0.3 is 0 Å². The lowest BCUT2D eigenvalue weighted by Gasteiger charge is -2.31. The van der Waals surface area contributed by atoms with Gasteiger partial charge in [0.1, 0.15) is 0 Å². The molecule has 2 heteroatoms. The maximum atomic E-state index is 9.41. The smallest absolute Gasteiger partial charge is 0.0911 e. The second-order valence-electron chi connectivity index (χ2n) is 4.04. The van der Waals surface area contributed by atoms with Crippen molar-refractivity contribution in [1.82, 2.24) is 0 Å². The lowest BCUT2D eigenvalue weighted by molar-refractivity contribution is -0.0916. The minimum Gasteiger partial charge on any atom is -0.393 e. The summed E-state index contributed by atoms with van der Waals surface area (Å²) in [5.74, 6) is 0. The first-order valence-electron chi connectivity index (χ1n) is 5.99. The normalized spacial score (nSPS) is 12.0. The highest BCUT2D eigenvalue weighted by molar-refractivity contribution is 4.79. The van der Waals surface area contributed by atoms with E-state index >= 15 is 0 Å². The minimum absolute atomic E-state index is 0.165. The Labute approximate surface area is 88.7 Å². The molecule has 0 heterocycles. The standard InChI is InChI=1S/C12H26O2/c1-4-7-10-14-12(11-13,8-5-2)9-6-3/h13H,4-11H2,1-3H3. The number of aliphatic hydroxyl groups is 1. The third kappa shape index (κ3) is 4.97. The number of rotatable bonds is 9. The molecule has 0 amide bonds. The second-order valence-corrected chi connectivity index (χ2v) is 4.04. The van der Waals surface area contributed by atoms with E-state index < -0.39 is 0 Å².